The minimum atomic E-state index is 0.248. The van der Waals surface area contributed by atoms with Gasteiger partial charge >= 0.3 is 0 Å². The molecular weight excluding hydrogens is 324 g/mol. The maximum absolute atomic E-state index is 12.7. The van der Waals surface area contributed by atoms with Crippen molar-refractivity contribution in [1.29, 1.82) is 0 Å². The van der Waals surface area contributed by atoms with Gasteiger partial charge in [-0.15, -0.1) is 0 Å². The Balaban J connectivity index is 2.00. The lowest BCUT2D eigenvalue weighted by Gasteiger charge is -2.23. The summed E-state index contributed by atoms with van der Waals surface area (Å²) in [5.74, 6) is 1.54. The zero-order valence-corrected chi connectivity index (χ0v) is 16.6. The molecule has 1 atom stereocenters. The Morgan fingerprint density at radius 2 is 2.04 bits per heavy atom. The Labute approximate surface area is 156 Å². The predicted molar refractivity (Wildman–Crippen MR) is 104 cm³/mol. The van der Waals surface area contributed by atoms with Crippen LogP contribution in [-0.4, -0.2) is 22.7 Å². The van der Waals surface area contributed by atoms with Crippen LogP contribution in [-0.2, 0) is 12.8 Å². The Kier molecular flexibility index (Phi) is 5.22. The lowest BCUT2D eigenvalue weighted by atomic mass is 9.82. The first-order valence-electron chi connectivity index (χ1n) is 9.57. The van der Waals surface area contributed by atoms with Gasteiger partial charge in [0, 0.05) is 12.5 Å². The average molecular weight is 354 g/mol. The van der Waals surface area contributed by atoms with Crippen LogP contribution in [0.3, 0.4) is 0 Å². The van der Waals surface area contributed by atoms with Gasteiger partial charge < -0.3 is 4.74 Å². The van der Waals surface area contributed by atoms with Crippen LogP contribution in [0.4, 0.5) is 0 Å². The second kappa shape index (κ2) is 7.26. The zero-order chi connectivity index (χ0) is 18.9. The van der Waals surface area contributed by atoms with Gasteiger partial charge in [0.1, 0.15) is 5.75 Å². The summed E-state index contributed by atoms with van der Waals surface area (Å²) in [6.07, 6.45) is 4.40. The van der Waals surface area contributed by atoms with Crippen LogP contribution in [0, 0.1) is 11.3 Å². The molecule has 0 radical (unpaired) electrons. The second-order valence-electron chi connectivity index (χ2n) is 8.73. The molecule has 4 nitrogen and oxygen atoms in total. The number of nitrogens with zero attached hydrogens (tertiary/aromatic N) is 2. The van der Waals surface area contributed by atoms with Gasteiger partial charge in [-0.1, -0.05) is 33.8 Å². The molecule has 0 fully saturated rings. The van der Waals surface area contributed by atoms with Gasteiger partial charge in [-0.25, -0.2) is 4.68 Å². The number of hydrogen-bond acceptors (Lipinski definition) is 3. The first-order chi connectivity index (χ1) is 12.3. The topological polar surface area (TPSA) is 44.1 Å². The van der Waals surface area contributed by atoms with Gasteiger partial charge in [0.05, 0.1) is 29.7 Å². The maximum Gasteiger partial charge on any atom is 0.166 e. The number of aromatic nitrogens is 2. The largest absolute Gasteiger partial charge is 0.497 e. The maximum atomic E-state index is 12.7. The number of benzene rings is 1. The summed E-state index contributed by atoms with van der Waals surface area (Å²) in [7, 11) is 1.67. The lowest BCUT2D eigenvalue weighted by molar-refractivity contribution is 0.0971. The van der Waals surface area contributed by atoms with Crippen LogP contribution >= 0.6 is 0 Å². The number of carbonyl (C=O) groups is 1. The SMILES string of the molecule is COc1cccc(-n2nc(CC(C)CC(C)(C)C)c3c2CCCC3=O)c1. The monoisotopic (exact) mass is 354 g/mol. The van der Waals surface area contributed by atoms with E-state index in [1.54, 1.807) is 7.11 Å². The number of methoxy groups -OCH3 is 1. The minimum absolute atomic E-state index is 0.248. The summed E-state index contributed by atoms with van der Waals surface area (Å²) in [5, 5.41) is 4.90. The summed E-state index contributed by atoms with van der Waals surface area (Å²) >= 11 is 0. The van der Waals surface area contributed by atoms with Crippen LogP contribution < -0.4 is 4.74 Å². The number of ether oxygens (including phenoxy) is 1. The first kappa shape index (κ1) is 18.7. The summed E-state index contributed by atoms with van der Waals surface area (Å²) in [4.78, 5) is 12.7. The number of carbonyl (C=O) groups excluding carboxylic acids is 1. The normalized spacial score (nSPS) is 15.7. The Hall–Kier alpha value is -2.10. The Bertz CT molecular complexity index is 799. The molecule has 1 aliphatic rings. The standard InChI is InChI=1S/C22H30N2O2/c1-15(14-22(2,3)4)12-18-21-19(10-7-11-20(21)25)24(23-18)16-8-6-9-17(13-16)26-5/h6,8-9,13,15H,7,10-12,14H2,1-5H3. The van der Waals surface area contributed by atoms with E-state index in [9.17, 15) is 4.79 Å². The van der Waals surface area contributed by atoms with Crippen molar-refractivity contribution < 1.29 is 9.53 Å². The van der Waals surface area contributed by atoms with Crippen molar-refractivity contribution in [2.45, 2.75) is 59.8 Å². The third-order valence-electron chi connectivity index (χ3n) is 4.95. The molecule has 0 spiro atoms. The van der Waals surface area contributed by atoms with Gasteiger partial charge in [0.15, 0.2) is 5.78 Å². The van der Waals surface area contributed by atoms with Crippen LogP contribution in [0.25, 0.3) is 5.69 Å². The van der Waals surface area contributed by atoms with E-state index in [2.05, 4.69) is 27.7 Å². The number of hydrogen-bond donors (Lipinski definition) is 0. The third-order valence-corrected chi connectivity index (χ3v) is 4.95. The summed E-state index contributed by atoms with van der Waals surface area (Å²) in [5.41, 5.74) is 4.14. The summed E-state index contributed by atoms with van der Waals surface area (Å²) in [6, 6.07) is 7.90. The van der Waals surface area contributed by atoms with E-state index in [1.807, 2.05) is 28.9 Å². The molecule has 26 heavy (non-hydrogen) atoms. The Morgan fingerprint density at radius 3 is 2.73 bits per heavy atom. The van der Waals surface area contributed by atoms with Crippen molar-refractivity contribution in [2.75, 3.05) is 7.11 Å². The van der Waals surface area contributed by atoms with Crippen molar-refractivity contribution in [3.63, 3.8) is 0 Å². The molecule has 1 aromatic carbocycles. The molecule has 0 aliphatic heterocycles. The van der Waals surface area contributed by atoms with Gasteiger partial charge in [-0.3, -0.25) is 4.79 Å². The average Bonchev–Trinajstić information content (AvgIpc) is 2.93. The van der Waals surface area contributed by atoms with Gasteiger partial charge in [-0.2, -0.15) is 5.10 Å². The van der Waals surface area contributed by atoms with Crippen molar-refractivity contribution >= 4 is 5.78 Å². The molecule has 2 aromatic rings. The smallest absolute Gasteiger partial charge is 0.166 e. The fourth-order valence-electron chi connectivity index (χ4n) is 4.14. The van der Waals surface area contributed by atoms with Gasteiger partial charge in [0.2, 0.25) is 0 Å². The van der Waals surface area contributed by atoms with Crippen LogP contribution in [0.15, 0.2) is 24.3 Å². The van der Waals surface area contributed by atoms with E-state index in [0.29, 0.717) is 12.3 Å². The highest BCUT2D eigenvalue weighted by Crippen LogP contribution is 2.32. The van der Waals surface area contributed by atoms with E-state index < -0.39 is 0 Å². The van der Waals surface area contributed by atoms with Crippen molar-refractivity contribution in [3.05, 3.63) is 41.2 Å². The van der Waals surface area contributed by atoms with Crippen molar-refractivity contribution in [2.24, 2.45) is 11.3 Å². The Morgan fingerprint density at radius 1 is 1.27 bits per heavy atom. The summed E-state index contributed by atoms with van der Waals surface area (Å²) in [6.45, 7) is 9.05. The molecule has 0 N–H and O–H groups in total. The molecule has 0 saturated carbocycles. The second-order valence-corrected chi connectivity index (χ2v) is 8.73. The van der Waals surface area contributed by atoms with Gasteiger partial charge in [-0.05, 0) is 49.1 Å². The van der Waals surface area contributed by atoms with Crippen LogP contribution in [0.5, 0.6) is 5.75 Å². The molecule has 1 aliphatic carbocycles. The number of fused-ring (bicyclic) bond motifs is 1. The zero-order valence-electron chi connectivity index (χ0n) is 16.6. The number of rotatable bonds is 5. The minimum Gasteiger partial charge on any atom is -0.497 e. The third kappa shape index (κ3) is 4.00. The van der Waals surface area contributed by atoms with E-state index in [4.69, 9.17) is 9.84 Å². The molecule has 1 aromatic heterocycles. The van der Waals surface area contributed by atoms with Crippen LogP contribution in [0.2, 0.25) is 0 Å². The fourth-order valence-corrected chi connectivity index (χ4v) is 4.14. The molecule has 4 heteroatoms. The quantitative estimate of drug-likeness (QED) is 0.758. The predicted octanol–water partition coefficient (Wildman–Crippen LogP) is 5.01. The molecule has 0 saturated heterocycles. The molecule has 0 amide bonds. The molecule has 1 heterocycles. The number of Topliss-reactive ketones (excluding diaryl/α,β-unsaturated/α-hetero) is 1. The number of ketones is 1. The lowest BCUT2D eigenvalue weighted by Crippen LogP contribution is -2.16. The molecule has 140 valence electrons. The van der Waals surface area contributed by atoms with Crippen LogP contribution in [0.1, 0.15) is 68.7 Å². The van der Waals surface area contributed by atoms with Crippen molar-refractivity contribution in [1.82, 2.24) is 9.78 Å². The van der Waals surface area contributed by atoms with E-state index in [0.717, 1.165) is 54.1 Å². The fraction of sp³-hybridized carbons (Fsp3) is 0.545. The molecule has 1 unspecified atom stereocenters. The molecular formula is C22H30N2O2. The van der Waals surface area contributed by atoms with E-state index in [-0.39, 0.29) is 11.2 Å². The van der Waals surface area contributed by atoms with E-state index >= 15 is 0 Å². The van der Waals surface area contributed by atoms with Gasteiger partial charge in [0.25, 0.3) is 0 Å². The first-order valence-corrected chi connectivity index (χ1v) is 9.57. The highest BCUT2D eigenvalue weighted by atomic mass is 16.5. The molecule has 3 rings (SSSR count). The highest BCUT2D eigenvalue weighted by molar-refractivity contribution is 5.99. The van der Waals surface area contributed by atoms with E-state index in [1.165, 1.54) is 0 Å². The van der Waals surface area contributed by atoms with Crippen molar-refractivity contribution in [3.8, 4) is 11.4 Å². The molecule has 0 bridgehead atoms. The summed E-state index contributed by atoms with van der Waals surface area (Å²) < 4.78 is 7.33. The highest BCUT2D eigenvalue weighted by Gasteiger charge is 2.29.